The van der Waals surface area contributed by atoms with Gasteiger partial charge in [-0.25, -0.2) is 0 Å². The van der Waals surface area contributed by atoms with Crippen LogP contribution in [0.3, 0.4) is 0 Å². The molecule has 0 aliphatic heterocycles. The number of nitrogens with one attached hydrogen (secondary N) is 1. The van der Waals surface area contributed by atoms with Crippen molar-refractivity contribution < 1.29 is 4.74 Å². The molecule has 3 nitrogen and oxygen atoms in total. The summed E-state index contributed by atoms with van der Waals surface area (Å²) in [4.78, 5) is 0.392. The van der Waals surface area contributed by atoms with Crippen LogP contribution in [0.2, 0.25) is 0 Å². The molecule has 0 spiro atoms. The minimum Gasteiger partial charge on any atom is -0.497 e. The molecule has 0 aromatic heterocycles. The summed E-state index contributed by atoms with van der Waals surface area (Å²) in [5.74, 6) is 0.871. The highest BCUT2D eigenvalue weighted by atomic mass is 79.9. The van der Waals surface area contributed by atoms with Crippen LogP contribution < -0.4 is 15.8 Å². The van der Waals surface area contributed by atoms with E-state index in [9.17, 15) is 0 Å². The molecule has 0 radical (unpaired) electrons. The number of hydrogen-bond acceptors (Lipinski definition) is 3. The van der Waals surface area contributed by atoms with Gasteiger partial charge >= 0.3 is 0 Å². The van der Waals surface area contributed by atoms with Crippen LogP contribution in [0.25, 0.3) is 0 Å². The lowest BCUT2D eigenvalue weighted by atomic mass is 10.1. The van der Waals surface area contributed by atoms with Gasteiger partial charge in [0.25, 0.3) is 0 Å². The van der Waals surface area contributed by atoms with Crippen molar-refractivity contribution in [2.75, 3.05) is 19.0 Å². The molecule has 0 fully saturated rings. The molecule has 2 aromatic carbocycles. The highest BCUT2D eigenvalue weighted by molar-refractivity contribution is 9.10. The molecule has 0 unspecified atom stereocenters. The Labute approximate surface area is 138 Å². The lowest BCUT2D eigenvalue weighted by Gasteiger charge is -2.12. The summed E-state index contributed by atoms with van der Waals surface area (Å²) >= 11 is 8.51. The maximum absolute atomic E-state index is 5.75. The molecule has 2 rings (SSSR count). The number of halogens is 1. The Kier molecular flexibility index (Phi) is 5.59. The average molecular weight is 365 g/mol. The van der Waals surface area contributed by atoms with Gasteiger partial charge in [0, 0.05) is 22.3 Å². The van der Waals surface area contributed by atoms with E-state index in [-0.39, 0.29) is 0 Å². The monoisotopic (exact) mass is 364 g/mol. The van der Waals surface area contributed by atoms with E-state index in [0.29, 0.717) is 4.99 Å². The first kappa shape index (κ1) is 15.8. The Morgan fingerprint density at radius 2 is 1.95 bits per heavy atom. The van der Waals surface area contributed by atoms with Crippen molar-refractivity contribution >= 4 is 38.8 Å². The van der Waals surface area contributed by atoms with Crippen molar-refractivity contribution in [3.8, 4) is 5.75 Å². The SMILES string of the molecule is COc1ccc(CCNc2ccc(Br)cc2C(N)=S)cc1. The number of thiocarbonyl (C=S) groups is 1. The molecular weight excluding hydrogens is 348 g/mol. The van der Waals surface area contributed by atoms with Crippen molar-refractivity contribution in [3.05, 3.63) is 58.1 Å². The zero-order valence-corrected chi connectivity index (χ0v) is 14.1. The predicted molar refractivity (Wildman–Crippen MR) is 95.2 cm³/mol. The molecule has 0 atom stereocenters. The van der Waals surface area contributed by atoms with Crippen molar-refractivity contribution in [2.24, 2.45) is 5.73 Å². The zero-order chi connectivity index (χ0) is 15.2. The van der Waals surface area contributed by atoms with Gasteiger partial charge in [0.15, 0.2) is 0 Å². The third kappa shape index (κ3) is 4.44. The summed E-state index contributed by atoms with van der Waals surface area (Å²) in [7, 11) is 1.67. The van der Waals surface area contributed by atoms with Crippen molar-refractivity contribution in [3.63, 3.8) is 0 Å². The second-order valence-electron chi connectivity index (χ2n) is 4.58. The van der Waals surface area contributed by atoms with E-state index in [2.05, 4.69) is 33.4 Å². The predicted octanol–water partition coefficient (Wildman–Crippen LogP) is 3.75. The topological polar surface area (TPSA) is 47.3 Å². The Morgan fingerprint density at radius 3 is 2.57 bits per heavy atom. The summed E-state index contributed by atoms with van der Waals surface area (Å²) in [6.45, 7) is 0.809. The smallest absolute Gasteiger partial charge is 0.118 e. The third-order valence-corrected chi connectivity index (χ3v) is 3.85. The highest BCUT2D eigenvalue weighted by Crippen LogP contribution is 2.21. The Morgan fingerprint density at radius 1 is 1.24 bits per heavy atom. The molecule has 0 aliphatic carbocycles. The van der Waals surface area contributed by atoms with E-state index >= 15 is 0 Å². The zero-order valence-electron chi connectivity index (χ0n) is 11.7. The minimum absolute atomic E-state index is 0.392. The lowest BCUT2D eigenvalue weighted by molar-refractivity contribution is 0.414. The molecule has 21 heavy (non-hydrogen) atoms. The van der Waals surface area contributed by atoms with Crippen LogP contribution in [0.15, 0.2) is 46.9 Å². The van der Waals surface area contributed by atoms with Crippen LogP contribution in [-0.2, 0) is 6.42 Å². The second kappa shape index (κ2) is 7.43. The molecule has 0 bridgehead atoms. The summed E-state index contributed by atoms with van der Waals surface area (Å²) in [6.07, 6.45) is 0.914. The molecule has 2 aromatic rings. The van der Waals surface area contributed by atoms with Crippen LogP contribution in [0.5, 0.6) is 5.75 Å². The van der Waals surface area contributed by atoms with E-state index in [0.717, 1.165) is 34.4 Å². The van der Waals surface area contributed by atoms with Gasteiger partial charge in [0.1, 0.15) is 10.7 Å². The van der Waals surface area contributed by atoms with Crippen LogP contribution in [0.4, 0.5) is 5.69 Å². The van der Waals surface area contributed by atoms with Gasteiger partial charge in [0.05, 0.1) is 7.11 Å². The van der Waals surface area contributed by atoms with Gasteiger partial charge in [-0.05, 0) is 42.3 Å². The molecular formula is C16H17BrN2OS. The first-order chi connectivity index (χ1) is 10.1. The fourth-order valence-electron chi connectivity index (χ4n) is 2.01. The summed E-state index contributed by atoms with van der Waals surface area (Å²) in [6, 6.07) is 13.9. The molecule has 5 heteroatoms. The molecule has 0 aliphatic rings. The summed E-state index contributed by atoms with van der Waals surface area (Å²) in [5, 5.41) is 3.38. The fourth-order valence-corrected chi connectivity index (χ4v) is 2.54. The Hall–Kier alpha value is -1.59. The van der Waals surface area contributed by atoms with Gasteiger partial charge < -0.3 is 15.8 Å². The third-order valence-electron chi connectivity index (χ3n) is 3.14. The van der Waals surface area contributed by atoms with Gasteiger partial charge in [-0.1, -0.05) is 40.3 Å². The van der Waals surface area contributed by atoms with E-state index in [1.54, 1.807) is 7.11 Å². The van der Waals surface area contributed by atoms with E-state index in [4.69, 9.17) is 22.7 Å². The normalized spacial score (nSPS) is 10.2. The van der Waals surface area contributed by atoms with E-state index in [1.165, 1.54) is 5.56 Å². The Bertz CT molecular complexity index is 629. The maximum atomic E-state index is 5.75. The van der Waals surface area contributed by atoms with Crippen molar-refractivity contribution in [2.45, 2.75) is 6.42 Å². The average Bonchev–Trinajstić information content (AvgIpc) is 2.49. The quantitative estimate of drug-likeness (QED) is 0.766. The molecule has 3 N–H and O–H groups in total. The molecule has 0 heterocycles. The summed E-state index contributed by atoms with van der Waals surface area (Å²) < 4.78 is 6.11. The van der Waals surface area contributed by atoms with Crippen LogP contribution in [0, 0.1) is 0 Å². The number of rotatable bonds is 6. The van der Waals surface area contributed by atoms with Crippen LogP contribution in [-0.4, -0.2) is 18.6 Å². The standard InChI is InChI=1S/C16H17BrN2OS/c1-20-13-5-2-11(3-6-13)8-9-19-15-7-4-12(17)10-14(15)16(18)21/h2-7,10,19H,8-9H2,1H3,(H2,18,21). The van der Waals surface area contributed by atoms with Crippen LogP contribution in [0.1, 0.15) is 11.1 Å². The van der Waals surface area contributed by atoms with E-state index < -0.39 is 0 Å². The van der Waals surface area contributed by atoms with Gasteiger partial charge in [0.2, 0.25) is 0 Å². The number of anilines is 1. The lowest BCUT2D eigenvalue weighted by Crippen LogP contribution is -2.14. The first-order valence-electron chi connectivity index (χ1n) is 6.56. The summed E-state index contributed by atoms with van der Waals surface area (Å²) in [5.41, 5.74) is 8.82. The van der Waals surface area contributed by atoms with Crippen LogP contribution >= 0.6 is 28.1 Å². The first-order valence-corrected chi connectivity index (χ1v) is 7.76. The van der Waals surface area contributed by atoms with Gasteiger partial charge in [-0.3, -0.25) is 0 Å². The van der Waals surface area contributed by atoms with Gasteiger partial charge in [-0.2, -0.15) is 0 Å². The molecule has 0 amide bonds. The largest absolute Gasteiger partial charge is 0.497 e. The Balaban J connectivity index is 1.98. The van der Waals surface area contributed by atoms with E-state index in [1.807, 2.05) is 30.3 Å². The van der Waals surface area contributed by atoms with Gasteiger partial charge in [-0.15, -0.1) is 0 Å². The minimum atomic E-state index is 0.392. The second-order valence-corrected chi connectivity index (χ2v) is 5.93. The van der Waals surface area contributed by atoms with Crippen molar-refractivity contribution in [1.82, 2.24) is 0 Å². The number of nitrogens with two attached hydrogens (primary N) is 1. The molecule has 110 valence electrons. The maximum Gasteiger partial charge on any atom is 0.118 e. The molecule has 0 saturated carbocycles. The highest BCUT2D eigenvalue weighted by Gasteiger charge is 2.05. The molecule has 0 saturated heterocycles. The number of hydrogen-bond donors (Lipinski definition) is 2. The van der Waals surface area contributed by atoms with Crippen molar-refractivity contribution in [1.29, 1.82) is 0 Å². The number of benzene rings is 2. The number of methoxy groups -OCH3 is 1. The fraction of sp³-hybridized carbons (Fsp3) is 0.188. The number of ether oxygens (including phenoxy) is 1.